The molecule has 0 radical (unpaired) electrons. The summed E-state index contributed by atoms with van der Waals surface area (Å²) in [6.07, 6.45) is 0. The summed E-state index contributed by atoms with van der Waals surface area (Å²) < 4.78 is 3.06. The molecule has 0 aliphatic heterocycles. The molecule has 0 saturated heterocycles. The monoisotopic (exact) mass is 346 g/mol. The van der Waals surface area contributed by atoms with Gasteiger partial charge >= 0.3 is 115 Å². The molecule has 0 atom stereocenters. The summed E-state index contributed by atoms with van der Waals surface area (Å²) in [5.41, 5.74) is 0. The molecule has 3 aromatic carbocycles. The van der Waals surface area contributed by atoms with Crippen molar-refractivity contribution in [1.82, 2.24) is 0 Å². The van der Waals surface area contributed by atoms with Gasteiger partial charge in [0, 0.05) is 0 Å². The van der Waals surface area contributed by atoms with Gasteiger partial charge in [-0.25, -0.2) is 0 Å². The molecule has 0 N–H and O–H groups in total. The Bertz CT molecular complexity index is 659. The number of benzene rings is 3. The fourth-order valence-corrected chi connectivity index (χ4v) is 5.80. The summed E-state index contributed by atoms with van der Waals surface area (Å²) in [5.74, 6) is 0. The van der Waals surface area contributed by atoms with Crippen molar-refractivity contribution in [2.45, 2.75) is 0 Å². The molecule has 1 heteroatoms. The first-order chi connectivity index (χ1) is 8.84. The average molecular weight is 346 g/mol. The van der Waals surface area contributed by atoms with Crippen LogP contribution in [0.5, 0.6) is 0 Å². The third-order valence-electron chi connectivity index (χ3n) is 3.10. The topological polar surface area (TPSA) is 0 Å². The number of hydrogen-bond acceptors (Lipinski definition) is 0. The summed E-state index contributed by atoms with van der Waals surface area (Å²) in [6.45, 7) is 0. The second-order valence-electron chi connectivity index (χ2n) is 4.26. The van der Waals surface area contributed by atoms with E-state index in [-0.39, 0.29) is 0 Å². The zero-order valence-electron chi connectivity index (χ0n) is 10.3. The second-order valence-corrected chi connectivity index (χ2v) is 9.45. The second kappa shape index (κ2) is 5.11. The van der Waals surface area contributed by atoms with E-state index in [0.29, 0.717) is 0 Å². The summed E-state index contributed by atoms with van der Waals surface area (Å²) >= 11 is -1.21. The Morgan fingerprint density at radius 3 is 2.06 bits per heavy atom. The molecule has 0 aliphatic carbocycles. The Labute approximate surface area is 115 Å². The molecule has 0 bridgehead atoms. The summed E-state index contributed by atoms with van der Waals surface area (Å²) in [4.78, 5) is 2.42. The zero-order chi connectivity index (χ0) is 12.4. The van der Waals surface area contributed by atoms with Gasteiger partial charge in [0.05, 0.1) is 0 Å². The van der Waals surface area contributed by atoms with Crippen molar-refractivity contribution >= 4 is 30.6 Å². The van der Waals surface area contributed by atoms with Crippen LogP contribution in [-0.4, -0.2) is 4.93 Å². The van der Waals surface area contributed by atoms with Crippen LogP contribution in [0.2, 0.25) is 0 Å². The number of hydrogen-bond donors (Lipinski definition) is 0. The third-order valence-corrected chi connectivity index (χ3v) is 8.23. The number of halogens is 1. The summed E-state index contributed by atoms with van der Waals surface area (Å²) in [5, 5.41) is 2.69. The first-order valence-corrected chi connectivity index (χ1v) is 10.3. The quantitative estimate of drug-likeness (QED) is 0.452. The van der Waals surface area contributed by atoms with Gasteiger partial charge in [0.15, 0.2) is 0 Å². The van der Waals surface area contributed by atoms with Gasteiger partial charge in [-0.3, -0.25) is 0 Å². The molecule has 90 valence electrons. The van der Waals surface area contributed by atoms with Gasteiger partial charge in [0.25, 0.3) is 0 Å². The van der Waals surface area contributed by atoms with E-state index in [1.165, 1.54) is 17.9 Å². The van der Waals surface area contributed by atoms with Crippen LogP contribution in [0.15, 0.2) is 72.8 Å². The predicted molar refractivity (Wildman–Crippen MR) is 87.7 cm³/mol. The van der Waals surface area contributed by atoms with Gasteiger partial charge in [0.2, 0.25) is 0 Å². The zero-order valence-corrected chi connectivity index (χ0v) is 12.5. The van der Waals surface area contributed by atoms with Gasteiger partial charge < -0.3 is 0 Å². The van der Waals surface area contributed by atoms with Crippen LogP contribution in [-0.2, 0) is 0 Å². The molecular formula is C17H15I. The maximum atomic E-state index is 2.42. The maximum absolute atomic E-state index is 2.42. The number of alkyl halides is 1. The fraction of sp³-hybridized carbons (Fsp3) is 0.0588. The van der Waals surface area contributed by atoms with E-state index < -0.39 is 19.8 Å². The van der Waals surface area contributed by atoms with Gasteiger partial charge in [-0.05, 0) is 0 Å². The third kappa shape index (κ3) is 2.27. The van der Waals surface area contributed by atoms with Crippen LogP contribution in [0.4, 0.5) is 0 Å². The van der Waals surface area contributed by atoms with Crippen molar-refractivity contribution in [2.24, 2.45) is 0 Å². The first kappa shape index (κ1) is 11.7. The standard InChI is InChI=1S/C17H15I/c1-18(16-9-3-2-4-10-16)17-12-11-14-7-5-6-8-15(14)13-17/h2-13H,1H3. The minimum atomic E-state index is -1.21. The summed E-state index contributed by atoms with van der Waals surface area (Å²) in [6, 6.07) is 26.4. The number of fused-ring (bicyclic) bond motifs is 1. The van der Waals surface area contributed by atoms with Crippen molar-refractivity contribution < 1.29 is 0 Å². The van der Waals surface area contributed by atoms with Crippen LogP contribution in [0.25, 0.3) is 10.8 Å². The van der Waals surface area contributed by atoms with Crippen LogP contribution >= 0.6 is 19.8 Å². The molecule has 0 saturated carbocycles. The van der Waals surface area contributed by atoms with Crippen LogP contribution in [0.1, 0.15) is 0 Å². The molecule has 0 unspecified atom stereocenters. The predicted octanol–water partition coefficient (Wildman–Crippen LogP) is 5.02. The van der Waals surface area contributed by atoms with Crippen molar-refractivity contribution in [3.05, 3.63) is 79.9 Å². The molecule has 0 fully saturated rings. The van der Waals surface area contributed by atoms with Gasteiger partial charge in [-0.15, -0.1) is 0 Å². The Morgan fingerprint density at radius 2 is 1.28 bits per heavy atom. The molecule has 0 heterocycles. The normalized spacial score (nSPS) is 11.5. The van der Waals surface area contributed by atoms with Crippen molar-refractivity contribution in [2.75, 3.05) is 4.93 Å². The molecule has 0 amide bonds. The van der Waals surface area contributed by atoms with Crippen molar-refractivity contribution in [3.63, 3.8) is 0 Å². The Hall–Kier alpha value is -1.35. The fourth-order valence-electron chi connectivity index (χ4n) is 2.07. The Morgan fingerprint density at radius 1 is 0.611 bits per heavy atom. The van der Waals surface area contributed by atoms with E-state index in [1.54, 1.807) is 0 Å². The Kier molecular flexibility index (Phi) is 3.33. The summed E-state index contributed by atoms with van der Waals surface area (Å²) in [7, 11) is 0. The molecule has 0 spiro atoms. The minimum absolute atomic E-state index is 1.21. The van der Waals surface area contributed by atoms with Gasteiger partial charge in [0.1, 0.15) is 0 Å². The van der Waals surface area contributed by atoms with E-state index in [2.05, 4.69) is 77.7 Å². The van der Waals surface area contributed by atoms with Crippen molar-refractivity contribution in [3.8, 4) is 0 Å². The van der Waals surface area contributed by atoms with Crippen LogP contribution in [0, 0.1) is 7.14 Å². The van der Waals surface area contributed by atoms with E-state index in [9.17, 15) is 0 Å². The van der Waals surface area contributed by atoms with E-state index in [4.69, 9.17) is 0 Å². The van der Waals surface area contributed by atoms with Gasteiger partial charge in [-0.1, -0.05) is 0 Å². The molecule has 0 aromatic heterocycles. The molecule has 0 aliphatic rings. The molecule has 3 aromatic rings. The van der Waals surface area contributed by atoms with Crippen molar-refractivity contribution in [1.29, 1.82) is 0 Å². The SMILES string of the molecule is CI(c1ccccc1)c1ccc2ccccc2c1. The Balaban J connectivity index is 2.04. The van der Waals surface area contributed by atoms with E-state index in [0.717, 1.165) is 0 Å². The van der Waals surface area contributed by atoms with Crippen LogP contribution < -0.4 is 0 Å². The van der Waals surface area contributed by atoms with E-state index >= 15 is 0 Å². The average Bonchev–Trinajstić information content (AvgIpc) is 2.47. The molecule has 3 rings (SSSR count). The number of rotatable bonds is 2. The molecule has 0 nitrogen and oxygen atoms in total. The van der Waals surface area contributed by atoms with E-state index in [1.807, 2.05) is 0 Å². The van der Waals surface area contributed by atoms with Crippen LogP contribution in [0.3, 0.4) is 0 Å². The first-order valence-electron chi connectivity index (χ1n) is 5.98. The molecule has 18 heavy (non-hydrogen) atoms. The molecular weight excluding hydrogens is 331 g/mol. The van der Waals surface area contributed by atoms with Gasteiger partial charge in [-0.2, -0.15) is 0 Å².